The van der Waals surface area contributed by atoms with Crippen molar-refractivity contribution >= 4 is 29.2 Å². The van der Waals surface area contributed by atoms with E-state index >= 15 is 0 Å². The summed E-state index contributed by atoms with van der Waals surface area (Å²) < 4.78 is 0. The standard InChI is InChI=1S/C18H26ClN3O2/c1-12(2)20-18(24)21-13-9-10-15(16(19)11-13)17(23)22(3)14-7-5-4-6-8-14/h9-12,14H,4-8H2,1-3H3,(H2,20,21,24). The van der Waals surface area contributed by atoms with Gasteiger partial charge in [0.2, 0.25) is 0 Å². The van der Waals surface area contributed by atoms with Crippen LogP contribution >= 0.6 is 11.6 Å². The number of anilines is 1. The van der Waals surface area contributed by atoms with Gasteiger partial charge in [0.15, 0.2) is 0 Å². The highest BCUT2D eigenvalue weighted by atomic mass is 35.5. The molecule has 132 valence electrons. The van der Waals surface area contributed by atoms with E-state index in [1.165, 1.54) is 19.3 Å². The lowest BCUT2D eigenvalue weighted by atomic mass is 9.94. The molecule has 24 heavy (non-hydrogen) atoms. The molecule has 1 fully saturated rings. The molecule has 0 saturated heterocycles. The van der Waals surface area contributed by atoms with Gasteiger partial charge in [0.1, 0.15) is 0 Å². The summed E-state index contributed by atoms with van der Waals surface area (Å²) in [5.74, 6) is -0.0647. The number of hydrogen-bond acceptors (Lipinski definition) is 2. The van der Waals surface area contributed by atoms with Crippen LogP contribution in [0.3, 0.4) is 0 Å². The number of urea groups is 1. The predicted molar refractivity (Wildman–Crippen MR) is 97.7 cm³/mol. The zero-order chi connectivity index (χ0) is 17.7. The molecule has 1 aliphatic rings. The number of rotatable bonds is 4. The number of carbonyl (C=O) groups is 2. The van der Waals surface area contributed by atoms with E-state index in [9.17, 15) is 9.59 Å². The molecule has 5 nitrogen and oxygen atoms in total. The molecule has 1 aromatic rings. The second-order valence-electron chi connectivity index (χ2n) is 6.66. The number of amides is 3. The first-order valence-corrected chi connectivity index (χ1v) is 8.90. The molecule has 0 heterocycles. The highest BCUT2D eigenvalue weighted by Gasteiger charge is 2.24. The number of halogens is 1. The lowest BCUT2D eigenvalue weighted by molar-refractivity contribution is 0.0696. The summed E-state index contributed by atoms with van der Waals surface area (Å²) in [7, 11) is 1.84. The van der Waals surface area contributed by atoms with Crippen LogP contribution in [-0.4, -0.2) is 36.0 Å². The van der Waals surface area contributed by atoms with Crippen LogP contribution in [0.1, 0.15) is 56.3 Å². The van der Waals surface area contributed by atoms with E-state index in [4.69, 9.17) is 11.6 Å². The van der Waals surface area contributed by atoms with Gasteiger partial charge in [-0.05, 0) is 44.9 Å². The van der Waals surface area contributed by atoms with Crippen molar-refractivity contribution in [2.24, 2.45) is 0 Å². The van der Waals surface area contributed by atoms with Gasteiger partial charge < -0.3 is 15.5 Å². The Labute approximate surface area is 148 Å². The Balaban J connectivity index is 2.05. The molecule has 3 amide bonds. The molecule has 0 unspecified atom stereocenters. The Morgan fingerprint density at radius 3 is 2.46 bits per heavy atom. The van der Waals surface area contributed by atoms with Crippen molar-refractivity contribution in [3.8, 4) is 0 Å². The summed E-state index contributed by atoms with van der Waals surface area (Å²) in [4.78, 5) is 26.2. The van der Waals surface area contributed by atoms with E-state index in [-0.39, 0.29) is 24.0 Å². The van der Waals surface area contributed by atoms with Crippen molar-refractivity contribution in [1.29, 1.82) is 0 Å². The van der Waals surface area contributed by atoms with Crippen LogP contribution < -0.4 is 10.6 Å². The van der Waals surface area contributed by atoms with Crippen LogP contribution in [-0.2, 0) is 0 Å². The predicted octanol–water partition coefficient (Wildman–Crippen LogP) is 4.27. The molecule has 0 bridgehead atoms. The third kappa shape index (κ3) is 4.87. The Hall–Kier alpha value is -1.75. The van der Waals surface area contributed by atoms with Gasteiger partial charge in [-0.15, -0.1) is 0 Å². The Kier molecular flexibility index (Phi) is 6.49. The highest BCUT2D eigenvalue weighted by molar-refractivity contribution is 6.34. The van der Waals surface area contributed by atoms with Crippen LogP contribution in [0.25, 0.3) is 0 Å². The fraction of sp³-hybridized carbons (Fsp3) is 0.556. The largest absolute Gasteiger partial charge is 0.339 e. The highest BCUT2D eigenvalue weighted by Crippen LogP contribution is 2.26. The minimum absolute atomic E-state index is 0.0467. The first kappa shape index (κ1) is 18.6. The maximum absolute atomic E-state index is 12.7. The van der Waals surface area contributed by atoms with Gasteiger partial charge in [-0.1, -0.05) is 30.9 Å². The lowest BCUT2D eigenvalue weighted by Crippen LogP contribution is -2.38. The van der Waals surface area contributed by atoms with E-state index < -0.39 is 0 Å². The number of carbonyl (C=O) groups excluding carboxylic acids is 2. The van der Waals surface area contributed by atoms with Gasteiger partial charge in [0.05, 0.1) is 10.6 Å². The van der Waals surface area contributed by atoms with Crippen LogP contribution in [0.4, 0.5) is 10.5 Å². The van der Waals surface area contributed by atoms with Crippen molar-refractivity contribution in [2.45, 2.75) is 58.0 Å². The van der Waals surface area contributed by atoms with Crippen molar-refractivity contribution in [3.63, 3.8) is 0 Å². The summed E-state index contributed by atoms with van der Waals surface area (Å²) in [6.45, 7) is 3.77. The average Bonchev–Trinajstić information content (AvgIpc) is 2.53. The van der Waals surface area contributed by atoms with E-state index in [1.54, 1.807) is 23.1 Å². The van der Waals surface area contributed by atoms with Crippen molar-refractivity contribution in [3.05, 3.63) is 28.8 Å². The molecule has 0 radical (unpaired) electrons. The van der Waals surface area contributed by atoms with Crippen LogP contribution in [0, 0.1) is 0 Å². The average molecular weight is 352 g/mol. The third-order valence-corrected chi connectivity index (χ3v) is 4.63. The van der Waals surface area contributed by atoms with Gasteiger partial charge in [0.25, 0.3) is 5.91 Å². The second kappa shape index (κ2) is 8.38. The zero-order valence-electron chi connectivity index (χ0n) is 14.6. The fourth-order valence-electron chi connectivity index (χ4n) is 3.02. The Morgan fingerprint density at radius 2 is 1.88 bits per heavy atom. The molecule has 1 aromatic carbocycles. The van der Waals surface area contributed by atoms with E-state index in [1.807, 2.05) is 20.9 Å². The lowest BCUT2D eigenvalue weighted by Gasteiger charge is -2.31. The Bertz CT molecular complexity index is 598. The minimum Gasteiger partial charge on any atom is -0.339 e. The molecule has 1 aliphatic carbocycles. The summed E-state index contributed by atoms with van der Waals surface area (Å²) in [5.41, 5.74) is 1.04. The van der Waals surface area contributed by atoms with Crippen LogP contribution in [0.2, 0.25) is 5.02 Å². The molecule has 0 spiro atoms. The monoisotopic (exact) mass is 351 g/mol. The van der Waals surface area contributed by atoms with Crippen molar-refractivity contribution in [2.75, 3.05) is 12.4 Å². The van der Waals surface area contributed by atoms with Crippen molar-refractivity contribution < 1.29 is 9.59 Å². The van der Waals surface area contributed by atoms with Gasteiger partial charge in [-0.3, -0.25) is 4.79 Å². The smallest absolute Gasteiger partial charge is 0.319 e. The topological polar surface area (TPSA) is 61.4 Å². The van der Waals surface area contributed by atoms with Crippen LogP contribution in [0.15, 0.2) is 18.2 Å². The summed E-state index contributed by atoms with van der Waals surface area (Å²) in [6, 6.07) is 5.04. The molecule has 2 rings (SSSR count). The first-order valence-electron chi connectivity index (χ1n) is 8.52. The number of nitrogens with one attached hydrogen (secondary N) is 2. The molecule has 2 N–H and O–H groups in total. The fourth-order valence-corrected chi connectivity index (χ4v) is 3.28. The Morgan fingerprint density at radius 1 is 1.21 bits per heavy atom. The zero-order valence-corrected chi connectivity index (χ0v) is 15.3. The maximum Gasteiger partial charge on any atom is 0.319 e. The number of hydrogen-bond donors (Lipinski definition) is 2. The quantitative estimate of drug-likeness (QED) is 0.850. The summed E-state index contributed by atoms with van der Waals surface area (Å²) in [6.07, 6.45) is 5.69. The van der Waals surface area contributed by atoms with E-state index in [0.29, 0.717) is 16.3 Å². The second-order valence-corrected chi connectivity index (χ2v) is 7.06. The SMILES string of the molecule is CC(C)NC(=O)Nc1ccc(C(=O)N(C)C2CCCCC2)c(Cl)c1. The van der Waals surface area contributed by atoms with Crippen molar-refractivity contribution in [1.82, 2.24) is 10.2 Å². The van der Waals surface area contributed by atoms with Gasteiger partial charge in [-0.25, -0.2) is 4.79 Å². The first-order chi connectivity index (χ1) is 11.4. The van der Waals surface area contributed by atoms with Gasteiger partial charge in [-0.2, -0.15) is 0 Å². The molecule has 0 atom stereocenters. The maximum atomic E-state index is 12.7. The molecule has 6 heteroatoms. The van der Waals surface area contributed by atoms with Crippen LogP contribution in [0.5, 0.6) is 0 Å². The summed E-state index contributed by atoms with van der Waals surface area (Å²) >= 11 is 6.28. The van der Waals surface area contributed by atoms with E-state index in [2.05, 4.69) is 10.6 Å². The van der Waals surface area contributed by atoms with Gasteiger partial charge >= 0.3 is 6.03 Å². The normalized spacial score (nSPS) is 15.2. The minimum atomic E-state index is -0.292. The molecule has 1 saturated carbocycles. The number of nitrogens with zero attached hydrogens (tertiary/aromatic N) is 1. The molecule has 0 aliphatic heterocycles. The molecular weight excluding hydrogens is 326 g/mol. The van der Waals surface area contributed by atoms with Gasteiger partial charge in [0, 0.05) is 24.8 Å². The molecular formula is C18H26ClN3O2. The number of benzene rings is 1. The molecule has 0 aromatic heterocycles. The third-order valence-electron chi connectivity index (χ3n) is 4.32. The van der Waals surface area contributed by atoms with E-state index in [0.717, 1.165) is 12.8 Å². The summed E-state index contributed by atoms with van der Waals surface area (Å²) in [5, 5.41) is 5.81.